The number of carbonyl (C=O) groups excluding carboxylic acids is 1. The molecule has 0 aliphatic heterocycles. The van der Waals surface area contributed by atoms with Crippen LogP contribution in [0.1, 0.15) is 68.3 Å². The van der Waals surface area contributed by atoms with E-state index in [4.69, 9.17) is 14.0 Å². The molecule has 0 bridgehead atoms. The summed E-state index contributed by atoms with van der Waals surface area (Å²) in [5.41, 5.74) is -2.52. The smallest absolute Gasteiger partial charge is 0.419 e. The van der Waals surface area contributed by atoms with E-state index in [1.165, 1.54) is 0 Å². The van der Waals surface area contributed by atoms with Crippen LogP contribution in [-0.4, -0.2) is 36.9 Å². The third-order valence-corrected chi connectivity index (χ3v) is 5.94. The Kier molecular flexibility index (Phi) is 8.60. The van der Waals surface area contributed by atoms with E-state index in [2.05, 4.69) is 11.8 Å². The number of halogens is 3. The van der Waals surface area contributed by atoms with E-state index < -0.39 is 51.5 Å². The molecule has 0 spiro atoms. The van der Waals surface area contributed by atoms with Crippen molar-refractivity contribution in [3.8, 4) is 17.6 Å². The molecule has 1 atom stereocenters. The van der Waals surface area contributed by atoms with Gasteiger partial charge in [-0.15, -0.1) is 0 Å². The van der Waals surface area contributed by atoms with Crippen molar-refractivity contribution in [1.29, 1.82) is 0 Å². The summed E-state index contributed by atoms with van der Waals surface area (Å²) in [5, 5.41) is 0. The predicted molar refractivity (Wildman–Crippen MR) is 112 cm³/mol. The van der Waals surface area contributed by atoms with Crippen LogP contribution in [0.5, 0.6) is 5.75 Å². The zero-order chi connectivity index (χ0) is 24.0. The number of ether oxygens (including phenoxy) is 2. The Morgan fingerprint density at radius 1 is 1.22 bits per heavy atom. The molecule has 0 aromatic heterocycles. The quantitative estimate of drug-likeness (QED) is 0.343. The highest BCUT2D eigenvalue weighted by molar-refractivity contribution is 7.85. The molecule has 10 heteroatoms. The van der Waals surface area contributed by atoms with Crippen LogP contribution in [0.4, 0.5) is 13.2 Å². The number of hydrogen-bond donors (Lipinski definition) is 1. The zero-order valence-corrected chi connectivity index (χ0v) is 18.8. The lowest BCUT2D eigenvalue weighted by Gasteiger charge is -2.27. The first-order valence-electron chi connectivity index (χ1n) is 10.4. The molecule has 0 amide bonds. The lowest BCUT2D eigenvalue weighted by atomic mass is 9.89. The lowest BCUT2D eigenvalue weighted by Crippen LogP contribution is -2.31. The Morgan fingerprint density at radius 2 is 1.88 bits per heavy atom. The minimum atomic E-state index is -4.73. The first-order chi connectivity index (χ1) is 14.8. The number of benzene rings is 1. The van der Waals surface area contributed by atoms with Gasteiger partial charge in [0.05, 0.1) is 11.1 Å². The maximum Gasteiger partial charge on any atom is 0.419 e. The van der Waals surface area contributed by atoms with Crippen molar-refractivity contribution >= 4 is 16.1 Å². The number of carbonyl (C=O) groups is 1. The van der Waals surface area contributed by atoms with Crippen LogP contribution in [0.15, 0.2) is 18.2 Å². The Hall–Kier alpha value is -2.25. The zero-order valence-electron chi connectivity index (χ0n) is 18.0. The van der Waals surface area contributed by atoms with Crippen molar-refractivity contribution in [1.82, 2.24) is 0 Å². The van der Waals surface area contributed by atoms with Gasteiger partial charge in [-0.25, -0.2) is 4.79 Å². The molecule has 1 N–H and O–H groups in total. The fourth-order valence-corrected chi connectivity index (χ4v) is 3.52. The number of esters is 1. The molecule has 1 aromatic carbocycles. The van der Waals surface area contributed by atoms with E-state index in [-0.39, 0.29) is 11.5 Å². The molecule has 1 unspecified atom stereocenters. The fourth-order valence-electron chi connectivity index (χ4n) is 3.22. The fraction of sp³-hybridized carbons (Fsp3) is 0.591. The van der Waals surface area contributed by atoms with E-state index in [1.54, 1.807) is 13.8 Å². The average Bonchev–Trinajstić information content (AvgIpc) is 2.71. The van der Waals surface area contributed by atoms with Gasteiger partial charge in [0.1, 0.15) is 18.1 Å². The van der Waals surface area contributed by atoms with Gasteiger partial charge in [0.2, 0.25) is 0 Å². The highest BCUT2D eigenvalue weighted by Gasteiger charge is 2.37. The van der Waals surface area contributed by atoms with E-state index in [9.17, 15) is 26.4 Å². The molecule has 178 valence electrons. The molecule has 1 aromatic rings. The summed E-state index contributed by atoms with van der Waals surface area (Å²) in [7, 11) is -4.35. The minimum absolute atomic E-state index is 0.185. The summed E-state index contributed by atoms with van der Waals surface area (Å²) in [6, 6.07) is 2.54. The van der Waals surface area contributed by atoms with E-state index >= 15 is 0 Å². The second-order valence-electron chi connectivity index (χ2n) is 7.92. The second kappa shape index (κ2) is 10.6. The van der Waals surface area contributed by atoms with Gasteiger partial charge < -0.3 is 9.47 Å². The number of rotatable bonds is 7. The van der Waals surface area contributed by atoms with Gasteiger partial charge in [0.25, 0.3) is 10.1 Å². The first-order valence-corrected chi connectivity index (χ1v) is 12.0. The number of alkyl halides is 3. The SMILES string of the molecule is CCC(C)(C#CC1CCCCC1)Oc1cc(C(=O)OCCS(=O)(=O)O)ccc1C(F)(F)F. The summed E-state index contributed by atoms with van der Waals surface area (Å²) >= 11 is 0. The van der Waals surface area contributed by atoms with E-state index in [0.29, 0.717) is 12.5 Å². The monoisotopic (exact) mass is 476 g/mol. The van der Waals surface area contributed by atoms with E-state index in [0.717, 1.165) is 44.2 Å². The highest BCUT2D eigenvalue weighted by Crippen LogP contribution is 2.38. The van der Waals surface area contributed by atoms with Gasteiger partial charge in [0, 0.05) is 5.92 Å². The van der Waals surface area contributed by atoms with Crippen molar-refractivity contribution in [3.63, 3.8) is 0 Å². The van der Waals surface area contributed by atoms with Gasteiger partial charge in [-0.2, -0.15) is 21.6 Å². The van der Waals surface area contributed by atoms with Crippen LogP contribution in [-0.2, 0) is 21.0 Å². The van der Waals surface area contributed by atoms with E-state index in [1.807, 2.05) is 0 Å². The van der Waals surface area contributed by atoms with Gasteiger partial charge >= 0.3 is 12.1 Å². The molecule has 0 saturated heterocycles. The largest absolute Gasteiger partial charge is 0.474 e. The van der Waals surface area contributed by atoms with Gasteiger partial charge in [0.15, 0.2) is 5.60 Å². The normalized spacial score (nSPS) is 17.1. The summed E-state index contributed by atoms with van der Waals surface area (Å²) in [6.45, 7) is 2.70. The summed E-state index contributed by atoms with van der Waals surface area (Å²) < 4.78 is 81.2. The third kappa shape index (κ3) is 8.02. The standard InChI is InChI=1S/C22H27F3O6S/c1-3-21(2,12-11-16-7-5-4-6-8-16)31-19-15-17(9-10-18(19)22(23,24)25)20(26)30-13-14-32(27,28)29/h9-10,15-16H,3-8,13-14H2,1-2H3,(H,27,28,29). The lowest BCUT2D eigenvalue weighted by molar-refractivity contribution is -0.139. The van der Waals surface area contributed by atoms with Crippen molar-refractivity contribution in [2.24, 2.45) is 5.92 Å². The highest BCUT2D eigenvalue weighted by atomic mass is 32.2. The van der Waals surface area contributed by atoms with Crippen LogP contribution in [0.2, 0.25) is 0 Å². The van der Waals surface area contributed by atoms with Gasteiger partial charge in [-0.1, -0.05) is 38.0 Å². The maximum absolute atomic E-state index is 13.5. The molecule has 6 nitrogen and oxygen atoms in total. The van der Waals surface area contributed by atoms with Crippen LogP contribution >= 0.6 is 0 Å². The molecule has 2 rings (SSSR count). The Morgan fingerprint density at radius 3 is 2.44 bits per heavy atom. The second-order valence-corrected chi connectivity index (χ2v) is 9.49. The minimum Gasteiger partial charge on any atom is -0.474 e. The molecule has 32 heavy (non-hydrogen) atoms. The van der Waals surface area contributed by atoms with Gasteiger partial charge in [-0.05, 0) is 44.4 Å². The van der Waals surface area contributed by atoms with Crippen molar-refractivity contribution < 1.29 is 40.4 Å². The Bertz CT molecular complexity index is 972. The molecule has 0 radical (unpaired) electrons. The summed E-state index contributed by atoms with van der Waals surface area (Å²) in [5.74, 6) is 3.88. The topological polar surface area (TPSA) is 89.9 Å². The van der Waals surface area contributed by atoms with Crippen LogP contribution < -0.4 is 4.74 Å². The van der Waals surface area contributed by atoms with Gasteiger partial charge in [-0.3, -0.25) is 4.55 Å². The number of hydrogen-bond acceptors (Lipinski definition) is 5. The molecule has 1 aliphatic carbocycles. The molecule has 1 aliphatic rings. The molecule has 0 heterocycles. The van der Waals surface area contributed by atoms with Crippen LogP contribution in [0.25, 0.3) is 0 Å². The van der Waals surface area contributed by atoms with Crippen molar-refractivity contribution in [2.45, 2.75) is 64.1 Å². The maximum atomic E-state index is 13.5. The molecule has 1 fully saturated rings. The Labute approximate surface area is 186 Å². The van der Waals surface area contributed by atoms with Crippen LogP contribution in [0, 0.1) is 17.8 Å². The first kappa shape index (κ1) is 26.0. The third-order valence-electron chi connectivity index (χ3n) is 5.25. The molecular formula is C22H27F3O6S. The predicted octanol–water partition coefficient (Wildman–Crippen LogP) is 4.88. The van der Waals surface area contributed by atoms with Crippen LogP contribution in [0.3, 0.4) is 0 Å². The summed E-state index contributed by atoms with van der Waals surface area (Å²) in [6.07, 6.45) is 0.784. The average molecular weight is 477 g/mol. The summed E-state index contributed by atoms with van der Waals surface area (Å²) in [4.78, 5) is 12.1. The van der Waals surface area contributed by atoms with Crippen molar-refractivity contribution in [2.75, 3.05) is 12.4 Å². The van der Waals surface area contributed by atoms with Crippen molar-refractivity contribution in [3.05, 3.63) is 29.3 Å². The molecular weight excluding hydrogens is 449 g/mol. The Balaban J connectivity index is 2.29. The molecule has 1 saturated carbocycles.